The molecule has 1 amide bonds. The van der Waals surface area contributed by atoms with E-state index in [1.165, 1.54) is 63.5 Å². The Balaban J connectivity index is 1.26. The molecule has 5 rings (SSSR count). The Morgan fingerprint density at radius 3 is 2.34 bits per heavy atom. The minimum Gasteiger partial charge on any atom is -0.312 e. The molecule has 2 saturated heterocycles. The number of hydrogen-bond acceptors (Lipinski definition) is 2. The quantitative estimate of drug-likeness (QED) is 0.639. The maximum absolute atomic E-state index is 13.4. The molecule has 1 spiro atoms. The molecule has 3 nitrogen and oxygen atoms in total. The molecule has 0 radical (unpaired) electrons. The third-order valence-electron chi connectivity index (χ3n) is 8.70. The molecule has 2 unspecified atom stereocenters. The lowest BCUT2D eigenvalue weighted by atomic mass is 9.68. The first kappa shape index (κ1) is 19.6. The van der Waals surface area contributed by atoms with E-state index in [-0.39, 0.29) is 5.41 Å². The van der Waals surface area contributed by atoms with Crippen LogP contribution in [0, 0.1) is 5.41 Å². The van der Waals surface area contributed by atoms with Crippen LogP contribution in [0.15, 0.2) is 24.3 Å². The fourth-order valence-corrected chi connectivity index (χ4v) is 7.00. The van der Waals surface area contributed by atoms with E-state index in [4.69, 9.17) is 0 Å². The van der Waals surface area contributed by atoms with E-state index in [1.54, 1.807) is 0 Å². The molecule has 0 bridgehead atoms. The number of amides is 1. The van der Waals surface area contributed by atoms with Gasteiger partial charge in [-0.25, -0.2) is 0 Å². The summed E-state index contributed by atoms with van der Waals surface area (Å²) >= 11 is 0. The van der Waals surface area contributed by atoms with Gasteiger partial charge in [0.05, 0.1) is 0 Å². The summed E-state index contributed by atoms with van der Waals surface area (Å²) in [6, 6.07) is 10.7. The third-order valence-corrected chi connectivity index (χ3v) is 8.70. The minimum atomic E-state index is -0.0414. The Hall–Kier alpha value is -1.35. The molecule has 1 aromatic rings. The summed E-state index contributed by atoms with van der Waals surface area (Å²) in [4.78, 5) is 18.3. The summed E-state index contributed by atoms with van der Waals surface area (Å²) in [6.07, 6.45) is 15.0. The number of rotatable bonds is 3. The summed E-state index contributed by atoms with van der Waals surface area (Å²) in [5, 5.41) is 0. The van der Waals surface area contributed by atoms with E-state index in [0.29, 0.717) is 11.8 Å². The van der Waals surface area contributed by atoms with Crippen molar-refractivity contribution in [1.29, 1.82) is 0 Å². The predicted molar refractivity (Wildman–Crippen MR) is 119 cm³/mol. The normalized spacial score (nSPS) is 32.9. The Labute approximate surface area is 176 Å². The van der Waals surface area contributed by atoms with E-state index in [0.717, 1.165) is 50.0 Å². The standard InChI is InChI=1S/C26H38N2O/c1-20-7-5-17-27(20)24-13-10-22(19-24)21-8-11-23(12-9-21)28-18-6-16-26(25(28)29)14-3-2-4-15-26/h8-9,11-12,20,22,24H,2-7,10,13-19H2,1H3/t20?,22-,24?/m0/s1. The monoisotopic (exact) mass is 394 g/mol. The van der Waals surface area contributed by atoms with Crippen molar-refractivity contribution in [2.24, 2.45) is 5.41 Å². The Kier molecular flexibility index (Phi) is 5.45. The summed E-state index contributed by atoms with van der Waals surface area (Å²) in [5.74, 6) is 1.11. The van der Waals surface area contributed by atoms with Crippen molar-refractivity contribution in [3.63, 3.8) is 0 Å². The molecule has 3 heteroatoms. The summed E-state index contributed by atoms with van der Waals surface area (Å²) in [7, 11) is 0. The van der Waals surface area contributed by atoms with Gasteiger partial charge in [-0.2, -0.15) is 0 Å². The highest BCUT2D eigenvalue weighted by atomic mass is 16.2. The lowest BCUT2D eigenvalue weighted by Gasteiger charge is -2.44. The predicted octanol–water partition coefficient (Wildman–Crippen LogP) is 5.88. The molecule has 29 heavy (non-hydrogen) atoms. The molecule has 4 fully saturated rings. The molecule has 2 saturated carbocycles. The number of anilines is 1. The Bertz CT molecular complexity index is 715. The number of nitrogens with zero attached hydrogens (tertiary/aromatic N) is 2. The molecule has 2 aliphatic carbocycles. The zero-order valence-corrected chi connectivity index (χ0v) is 18.2. The molecule has 4 aliphatic rings. The van der Waals surface area contributed by atoms with Crippen molar-refractivity contribution < 1.29 is 4.79 Å². The zero-order chi connectivity index (χ0) is 19.8. The highest BCUT2D eigenvalue weighted by Gasteiger charge is 2.44. The van der Waals surface area contributed by atoms with Gasteiger partial charge in [-0.15, -0.1) is 0 Å². The molecule has 3 atom stereocenters. The summed E-state index contributed by atoms with van der Waals surface area (Å²) in [6.45, 7) is 4.61. The Morgan fingerprint density at radius 1 is 0.862 bits per heavy atom. The van der Waals surface area contributed by atoms with Gasteiger partial charge in [0.15, 0.2) is 0 Å². The second kappa shape index (κ2) is 8.06. The lowest BCUT2D eigenvalue weighted by Crippen LogP contribution is -2.49. The van der Waals surface area contributed by atoms with Gasteiger partial charge in [-0.3, -0.25) is 9.69 Å². The summed E-state index contributed by atoms with van der Waals surface area (Å²) in [5.41, 5.74) is 2.58. The van der Waals surface area contributed by atoms with Crippen LogP contribution in [-0.4, -0.2) is 36.0 Å². The van der Waals surface area contributed by atoms with Crippen LogP contribution in [0.5, 0.6) is 0 Å². The fraction of sp³-hybridized carbons (Fsp3) is 0.731. The average Bonchev–Trinajstić information content (AvgIpc) is 3.40. The fourth-order valence-electron chi connectivity index (χ4n) is 7.00. The van der Waals surface area contributed by atoms with Crippen LogP contribution in [-0.2, 0) is 4.79 Å². The van der Waals surface area contributed by atoms with E-state index in [1.807, 2.05) is 0 Å². The Morgan fingerprint density at radius 2 is 1.62 bits per heavy atom. The van der Waals surface area contributed by atoms with Gasteiger partial charge in [0.25, 0.3) is 0 Å². The van der Waals surface area contributed by atoms with Crippen LogP contribution in [0.25, 0.3) is 0 Å². The molecule has 0 N–H and O–H groups in total. The SMILES string of the molecule is CC1CCCN1C1CC[C@H](c2ccc(N3CCCC4(CCCCC4)C3=O)cc2)C1. The minimum absolute atomic E-state index is 0.0414. The lowest BCUT2D eigenvalue weighted by molar-refractivity contribution is -0.132. The van der Waals surface area contributed by atoms with E-state index in [9.17, 15) is 4.79 Å². The van der Waals surface area contributed by atoms with Crippen molar-refractivity contribution in [1.82, 2.24) is 4.90 Å². The smallest absolute Gasteiger partial charge is 0.233 e. The second-order valence-electron chi connectivity index (χ2n) is 10.4. The first-order valence-electron chi connectivity index (χ1n) is 12.3. The topological polar surface area (TPSA) is 23.6 Å². The van der Waals surface area contributed by atoms with Crippen LogP contribution in [0.2, 0.25) is 0 Å². The van der Waals surface area contributed by atoms with E-state index < -0.39 is 0 Å². The maximum Gasteiger partial charge on any atom is 0.233 e. The van der Waals surface area contributed by atoms with Crippen LogP contribution in [0.1, 0.15) is 95.5 Å². The number of piperidine rings is 1. The van der Waals surface area contributed by atoms with Gasteiger partial charge < -0.3 is 4.90 Å². The number of hydrogen-bond donors (Lipinski definition) is 0. The van der Waals surface area contributed by atoms with Gasteiger partial charge >= 0.3 is 0 Å². The number of benzene rings is 1. The molecular formula is C26H38N2O. The van der Waals surface area contributed by atoms with Crippen molar-refractivity contribution in [2.75, 3.05) is 18.0 Å². The van der Waals surface area contributed by atoms with Crippen molar-refractivity contribution in [3.05, 3.63) is 29.8 Å². The first-order chi connectivity index (χ1) is 14.2. The molecular weight excluding hydrogens is 356 g/mol. The van der Waals surface area contributed by atoms with Crippen molar-refractivity contribution >= 4 is 11.6 Å². The highest BCUT2D eigenvalue weighted by molar-refractivity contribution is 5.98. The maximum atomic E-state index is 13.4. The van der Waals surface area contributed by atoms with Crippen LogP contribution in [0.3, 0.4) is 0 Å². The summed E-state index contributed by atoms with van der Waals surface area (Å²) < 4.78 is 0. The number of likely N-dealkylation sites (tertiary alicyclic amines) is 1. The van der Waals surface area contributed by atoms with Gasteiger partial charge in [-0.1, -0.05) is 31.4 Å². The third kappa shape index (κ3) is 3.65. The van der Waals surface area contributed by atoms with E-state index in [2.05, 4.69) is 41.0 Å². The average molecular weight is 395 g/mol. The molecule has 0 aromatic heterocycles. The van der Waals surface area contributed by atoms with Gasteiger partial charge in [0.2, 0.25) is 5.91 Å². The zero-order valence-electron chi connectivity index (χ0n) is 18.2. The van der Waals surface area contributed by atoms with Crippen molar-refractivity contribution in [3.8, 4) is 0 Å². The van der Waals surface area contributed by atoms with Crippen LogP contribution in [0.4, 0.5) is 5.69 Å². The van der Waals surface area contributed by atoms with Crippen LogP contribution < -0.4 is 4.90 Å². The highest BCUT2D eigenvalue weighted by Crippen LogP contribution is 2.45. The molecule has 158 valence electrons. The number of carbonyl (C=O) groups excluding carboxylic acids is 1. The van der Waals surface area contributed by atoms with Gasteiger partial charge in [-0.05, 0) is 94.9 Å². The second-order valence-corrected chi connectivity index (χ2v) is 10.4. The van der Waals surface area contributed by atoms with Crippen LogP contribution >= 0.6 is 0 Å². The largest absolute Gasteiger partial charge is 0.312 e. The molecule has 2 heterocycles. The van der Waals surface area contributed by atoms with Gasteiger partial charge in [0.1, 0.15) is 0 Å². The molecule has 2 aliphatic heterocycles. The number of carbonyl (C=O) groups is 1. The molecule has 1 aromatic carbocycles. The van der Waals surface area contributed by atoms with Gasteiger partial charge in [0, 0.05) is 29.7 Å². The first-order valence-corrected chi connectivity index (χ1v) is 12.3. The van der Waals surface area contributed by atoms with Crippen molar-refractivity contribution in [2.45, 2.75) is 102 Å². The van der Waals surface area contributed by atoms with E-state index >= 15 is 0 Å².